The maximum absolute atomic E-state index is 12.0. The van der Waals surface area contributed by atoms with Crippen molar-refractivity contribution in [2.45, 2.75) is 19.1 Å². The number of benzene rings is 1. The Morgan fingerprint density at radius 1 is 1.28 bits per heavy atom. The third-order valence-corrected chi connectivity index (χ3v) is 5.54. The van der Waals surface area contributed by atoms with Gasteiger partial charge in [-0.3, -0.25) is 4.79 Å². The SMILES string of the molecule is CN(C(=O)COC(=O)c1ccc(OC(F)F)cc1)C1CCS(=O)(=O)C1. The summed E-state index contributed by atoms with van der Waals surface area (Å²) in [5, 5.41) is 0. The molecular formula is C15H17F2NO6S. The number of sulfone groups is 1. The van der Waals surface area contributed by atoms with Gasteiger partial charge in [-0.25, -0.2) is 13.2 Å². The number of alkyl halides is 2. The molecule has 1 unspecified atom stereocenters. The average molecular weight is 377 g/mol. The smallest absolute Gasteiger partial charge is 0.387 e. The third kappa shape index (κ3) is 5.38. The molecule has 1 amide bonds. The minimum absolute atomic E-state index is 0.0299. The molecule has 1 fully saturated rings. The summed E-state index contributed by atoms with van der Waals surface area (Å²) in [5.74, 6) is -1.50. The van der Waals surface area contributed by atoms with Gasteiger partial charge in [0, 0.05) is 13.1 Å². The summed E-state index contributed by atoms with van der Waals surface area (Å²) in [7, 11) is -1.67. The van der Waals surface area contributed by atoms with Gasteiger partial charge in [-0.2, -0.15) is 8.78 Å². The fraction of sp³-hybridized carbons (Fsp3) is 0.467. The van der Waals surface area contributed by atoms with Crippen LogP contribution in [-0.2, 0) is 19.4 Å². The first kappa shape index (κ1) is 19.1. The number of carbonyl (C=O) groups excluding carboxylic acids is 2. The van der Waals surface area contributed by atoms with Gasteiger partial charge in [0.15, 0.2) is 16.4 Å². The molecule has 7 nitrogen and oxygen atoms in total. The predicted octanol–water partition coefficient (Wildman–Crippen LogP) is 1.09. The predicted molar refractivity (Wildman–Crippen MR) is 83.2 cm³/mol. The molecule has 1 atom stereocenters. The van der Waals surface area contributed by atoms with Crippen LogP contribution in [0, 0.1) is 0 Å². The highest BCUT2D eigenvalue weighted by Gasteiger charge is 2.32. The first-order valence-electron chi connectivity index (χ1n) is 7.36. The largest absolute Gasteiger partial charge is 0.452 e. The molecule has 0 bridgehead atoms. The molecule has 0 N–H and O–H groups in total. The van der Waals surface area contributed by atoms with Crippen molar-refractivity contribution in [3.63, 3.8) is 0 Å². The van der Waals surface area contributed by atoms with Gasteiger partial charge < -0.3 is 14.4 Å². The zero-order chi connectivity index (χ0) is 18.6. The fourth-order valence-electron chi connectivity index (χ4n) is 2.37. The van der Waals surface area contributed by atoms with Crippen LogP contribution in [0.2, 0.25) is 0 Å². The van der Waals surface area contributed by atoms with E-state index in [4.69, 9.17) is 4.74 Å². The summed E-state index contributed by atoms with van der Waals surface area (Å²) < 4.78 is 56.0. The van der Waals surface area contributed by atoms with E-state index < -0.39 is 41.0 Å². The van der Waals surface area contributed by atoms with Gasteiger partial charge >= 0.3 is 12.6 Å². The lowest BCUT2D eigenvalue weighted by Crippen LogP contribution is -2.40. The van der Waals surface area contributed by atoms with Crippen LogP contribution in [-0.4, -0.2) is 63.0 Å². The molecule has 2 rings (SSSR count). The molecule has 1 aliphatic heterocycles. The molecule has 10 heteroatoms. The normalized spacial score (nSPS) is 18.8. The quantitative estimate of drug-likeness (QED) is 0.690. The molecule has 1 saturated heterocycles. The number of nitrogens with zero attached hydrogens (tertiary/aromatic N) is 1. The Bertz CT molecular complexity index is 735. The van der Waals surface area contributed by atoms with E-state index in [-0.39, 0.29) is 22.8 Å². The summed E-state index contributed by atoms with van der Waals surface area (Å²) in [4.78, 5) is 25.1. The van der Waals surface area contributed by atoms with Crippen LogP contribution in [0.3, 0.4) is 0 Å². The highest BCUT2D eigenvalue weighted by atomic mass is 32.2. The van der Waals surface area contributed by atoms with E-state index in [1.807, 2.05) is 0 Å². The Morgan fingerprint density at radius 3 is 2.44 bits per heavy atom. The molecular weight excluding hydrogens is 360 g/mol. The monoisotopic (exact) mass is 377 g/mol. The van der Waals surface area contributed by atoms with Gasteiger partial charge in [-0.15, -0.1) is 0 Å². The molecule has 1 heterocycles. The molecule has 138 valence electrons. The Morgan fingerprint density at radius 2 is 1.92 bits per heavy atom. The van der Waals surface area contributed by atoms with Crippen molar-refractivity contribution in [2.75, 3.05) is 25.2 Å². The molecule has 1 aliphatic rings. The fourth-order valence-corrected chi connectivity index (χ4v) is 4.14. The maximum Gasteiger partial charge on any atom is 0.387 e. The van der Waals surface area contributed by atoms with Crippen LogP contribution in [0.4, 0.5) is 8.78 Å². The van der Waals surface area contributed by atoms with Gasteiger partial charge in [0.05, 0.1) is 17.1 Å². The van der Waals surface area contributed by atoms with Crippen molar-refractivity contribution in [2.24, 2.45) is 0 Å². The molecule has 1 aromatic carbocycles. The lowest BCUT2D eigenvalue weighted by atomic mass is 10.2. The van der Waals surface area contributed by atoms with E-state index in [0.717, 1.165) is 0 Å². The molecule has 0 saturated carbocycles. The summed E-state index contributed by atoms with van der Waals surface area (Å²) in [5.41, 5.74) is 0.0699. The average Bonchev–Trinajstić information content (AvgIpc) is 2.91. The van der Waals surface area contributed by atoms with Crippen LogP contribution < -0.4 is 4.74 Å². The van der Waals surface area contributed by atoms with Crippen LogP contribution in [0.15, 0.2) is 24.3 Å². The Labute approximate surface area is 143 Å². The van der Waals surface area contributed by atoms with Gasteiger partial charge in [-0.05, 0) is 30.7 Å². The zero-order valence-corrected chi connectivity index (χ0v) is 14.2. The van der Waals surface area contributed by atoms with Crippen molar-refractivity contribution in [1.29, 1.82) is 0 Å². The number of halogens is 2. The molecule has 0 radical (unpaired) electrons. The number of amides is 1. The lowest BCUT2D eigenvalue weighted by Gasteiger charge is -2.23. The topological polar surface area (TPSA) is 90.0 Å². The van der Waals surface area contributed by atoms with E-state index in [1.165, 1.54) is 36.2 Å². The second-order valence-electron chi connectivity index (χ2n) is 5.54. The highest BCUT2D eigenvalue weighted by Crippen LogP contribution is 2.17. The summed E-state index contributed by atoms with van der Waals surface area (Å²) in [6.45, 7) is -3.51. The second-order valence-corrected chi connectivity index (χ2v) is 7.77. The Kier molecular flexibility index (Phi) is 5.93. The van der Waals surface area contributed by atoms with E-state index in [0.29, 0.717) is 6.42 Å². The van der Waals surface area contributed by atoms with E-state index in [9.17, 15) is 26.8 Å². The van der Waals surface area contributed by atoms with Crippen LogP contribution in [0.5, 0.6) is 5.75 Å². The number of likely N-dealkylation sites (N-methyl/N-ethyl adjacent to an activating group) is 1. The van der Waals surface area contributed by atoms with Gasteiger partial charge in [0.2, 0.25) is 0 Å². The van der Waals surface area contributed by atoms with Gasteiger partial charge in [-0.1, -0.05) is 0 Å². The molecule has 0 spiro atoms. The van der Waals surface area contributed by atoms with Crippen molar-refractivity contribution in [3.05, 3.63) is 29.8 Å². The summed E-state index contributed by atoms with van der Waals surface area (Å²) in [6.07, 6.45) is 0.351. The van der Waals surface area contributed by atoms with Gasteiger partial charge in [0.1, 0.15) is 5.75 Å². The second kappa shape index (κ2) is 7.77. The van der Waals surface area contributed by atoms with Gasteiger partial charge in [0.25, 0.3) is 5.91 Å². The molecule has 25 heavy (non-hydrogen) atoms. The van der Waals surface area contributed by atoms with E-state index >= 15 is 0 Å². The molecule has 1 aromatic rings. The number of ether oxygens (including phenoxy) is 2. The first-order valence-corrected chi connectivity index (χ1v) is 9.18. The van der Waals surface area contributed by atoms with Crippen molar-refractivity contribution in [1.82, 2.24) is 4.90 Å². The highest BCUT2D eigenvalue weighted by molar-refractivity contribution is 7.91. The zero-order valence-electron chi connectivity index (χ0n) is 13.4. The van der Waals surface area contributed by atoms with E-state index in [2.05, 4.69) is 4.74 Å². The van der Waals surface area contributed by atoms with Crippen molar-refractivity contribution < 1.29 is 36.3 Å². The summed E-state index contributed by atoms with van der Waals surface area (Å²) >= 11 is 0. The van der Waals surface area contributed by atoms with Crippen LogP contribution in [0.25, 0.3) is 0 Å². The Balaban J connectivity index is 1.85. The van der Waals surface area contributed by atoms with Crippen LogP contribution in [0.1, 0.15) is 16.8 Å². The van der Waals surface area contributed by atoms with Crippen LogP contribution >= 0.6 is 0 Å². The summed E-state index contributed by atoms with van der Waals surface area (Å²) in [6, 6.07) is 4.40. The minimum atomic E-state index is -3.13. The van der Waals surface area contributed by atoms with Crippen molar-refractivity contribution >= 4 is 21.7 Å². The number of rotatable bonds is 6. The van der Waals surface area contributed by atoms with E-state index in [1.54, 1.807) is 0 Å². The molecule has 0 aromatic heterocycles. The standard InChI is InChI=1S/C15H17F2NO6S/c1-18(11-6-7-25(21,22)9-11)13(19)8-23-14(20)10-2-4-12(5-3-10)24-15(16)17/h2-5,11,15H,6-9H2,1H3. The first-order chi connectivity index (χ1) is 11.7. The minimum Gasteiger partial charge on any atom is -0.452 e. The molecule has 0 aliphatic carbocycles. The number of hydrogen-bond acceptors (Lipinski definition) is 6. The maximum atomic E-state index is 12.0. The lowest BCUT2D eigenvalue weighted by molar-refractivity contribution is -0.134. The Hall–Kier alpha value is -2.23. The number of esters is 1. The number of carbonyl (C=O) groups is 2. The number of hydrogen-bond donors (Lipinski definition) is 0. The van der Waals surface area contributed by atoms with Crippen molar-refractivity contribution in [3.8, 4) is 5.75 Å². The third-order valence-electron chi connectivity index (χ3n) is 3.79.